The van der Waals surface area contributed by atoms with Gasteiger partial charge in [0, 0.05) is 12.0 Å². The molecule has 0 spiro atoms. The predicted octanol–water partition coefficient (Wildman–Crippen LogP) is 5.31. The third-order valence-electron chi connectivity index (χ3n) is 3.72. The monoisotopic (exact) mass is 282 g/mol. The van der Waals surface area contributed by atoms with Gasteiger partial charge < -0.3 is 9.53 Å². The minimum absolute atomic E-state index is 0.138. The van der Waals surface area contributed by atoms with Crippen molar-refractivity contribution in [2.45, 2.75) is 84.7 Å². The van der Waals surface area contributed by atoms with Gasteiger partial charge in [-0.2, -0.15) is 0 Å². The minimum Gasteiger partial charge on any atom is -0.374 e. The van der Waals surface area contributed by atoms with Crippen molar-refractivity contribution in [3.05, 3.63) is 12.7 Å². The summed E-state index contributed by atoms with van der Waals surface area (Å²) in [5.41, 5.74) is -0.138. The fraction of sp³-hybridized carbons (Fsp3) is 0.833. The van der Waals surface area contributed by atoms with Crippen molar-refractivity contribution in [1.82, 2.24) is 0 Å². The topological polar surface area (TPSA) is 26.3 Å². The number of carbonyl (C=O) groups excluding carboxylic acids is 1. The van der Waals surface area contributed by atoms with E-state index in [1.165, 1.54) is 32.1 Å². The molecule has 0 bridgehead atoms. The largest absolute Gasteiger partial charge is 0.374 e. The maximum absolute atomic E-state index is 10.8. The second-order valence-electron chi connectivity index (χ2n) is 6.41. The summed E-state index contributed by atoms with van der Waals surface area (Å²) in [4.78, 5) is 10.8. The second kappa shape index (κ2) is 12.1. The molecule has 20 heavy (non-hydrogen) atoms. The SMILES string of the molecule is C=CC(CCCCCCCC(C)(C)C=O)OCCCC. The van der Waals surface area contributed by atoms with Crippen LogP contribution in [0.15, 0.2) is 12.7 Å². The summed E-state index contributed by atoms with van der Waals surface area (Å²) in [5.74, 6) is 0. The van der Waals surface area contributed by atoms with Crippen molar-refractivity contribution in [3.63, 3.8) is 0 Å². The van der Waals surface area contributed by atoms with Gasteiger partial charge in [-0.15, -0.1) is 6.58 Å². The Balaban J connectivity index is 3.46. The Bertz CT molecular complexity index is 246. The molecule has 0 saturated heterocycles. The number of hydrogen-bond acceptors (Lipinski definition) is 2. The van der Waals surface area contributed by atoms with E-state index < -0.39 is 0 Å². The van der Waals surface area contributed by atoms with Crippen LogP contribution in [0.3, 0.4) is 0 Å². The molecule has 118 valence electrons. The molecule has 1 atom stereocenters. The lowest BCUT2D eigenvalue weighted by atomic mass is 9.88. The summed E-state index contributed by atoms with van der Waals surface area (Å²) < 4.78 is 5.76. The van der Waals surface area contributed by atoms with E-state index in [9.17, 15) is 4.79 Å². The van der Waals surface area contributed by atoms with Gasteiger partial charge in [0.25, 0.3) is 0 Å². The van der Waals surface area contributed by atoms with Gasteiger partial charge in [-0.25, -0.2) is 0 Å². The molecule has 0 aromatic heterocycles. The number of ether oxygens (including phenoxy) is 1. The van der Waals surface area contributed by atoms with Gasteiger partial charge in [-0.05, 0) is 19.3 Å². The first-order valence-electron chi connectivity index (χ1n) is 8.26. The van der Waals surface area contributed by atoms with Crippen LogP contribution in [0.2, 0.25) is 0 Å². The van der Waals surface area contributed by atoms with E-state index >= 15 is 0 Å². The van der Waals surface area contributed by atoms with Gasteiger partial charge in [-0.1, -0.05) is 65.4 Å². The van der Waals surface area contributed by atoms with E-state index in [0.717, 1.165) is 38.6 Å². The Kier molecular flexibility index (Phi) is 11.8. The Hall–Kier alpha value is -0.630. The molecule has 0 N–H and O–H groups in total. The lowest BCUT2D eigenvalue weighted by Crippen LogP contribution is -2.12. The van der Waals surface area contributed by atoms with Crippen LogP contribution in [0.4, 0.5) is 0 Å². The lowest BCUT2D eigenvalue weighted by molar-refractivity contribution is -0.115. The minimum atomic E-state index is -0.138. The Morgan fingerprint density at radius 1 is 1.10 bits per heavy atom. The van der Waals surface area contributed by atoms with E-state index in [-0.39, 0.29) is 11.5 Å². The zero-order valence-electron chi connectivity index (χ0n) is 13.8. The van der Waals surface area contributed by atoms with Crippen LogP contribution in [-0.4, -0.2) is 19.0 Å². The first-order valence-corrected chi connectivity index (χ1v) is 8.26. The average Bonchev–Trinajstić information content (AvgIpc) is 2.44. The molecule has 2 heteroatoms. The van der Waals surface area contributed by atoms with Crippen molar-refractivity contribution in [3.8, 4) is 0 Å². The molecular formula is C18H34O2. The highest BCUT2D eigenvalue weighted by molar-refractivity contribution is 5.57. The molecule has 0 saturated carbocycles. The summed E-state index contributed by atoms with van der Waals surface area (Å²) in [6.07, 6.45) is 13.8. The van der Waals surface area contributed by atoms with Gasteiger partial charge in [-0.3, -0.25) is 0 Å². The van der Waals surface area contributed by atoms with Crippen LogP contribution in [-0.2, 0) is 9.53 Å². The highest BCUT2D eigenvalue weighted by Gasteiger charge is 2.15. The average molecular weight is 282 g/mol. The molecule has 0 aliphatic heterocycles. The predicted molar refractivity (Wildman–Crippen MR) is 87.0 cm³/mol. The normalized spacial score (nSPS) is 13.2. The number of rotatable bonds is 14. The molecule has 1 unspecified atom stereocenters. The van der Waals surface area contributed by atoms with Crippen LogP contribution in [0.25, 0.3) is 0 Å². The first kappa shape index (κ1) is 19.4. The van der Waals surface area contributed by atoms with Crippen LogP contribution in [0.5, 0.6) is 0 Å². The first-order chi connectivity index (χ1) is 9.55. The van der Waals surface area contributed by atoms with Crippen molar-refractivity contribution in [2.75, 3.05) is 6.61 Å². The zero-order valence-corrected chi connectivity index (χ0v) is 13.8. The molecule has 0 radical (unpaired) electrons. The maximum Gasteiger partial charge on any atom is 0.125 e. The Labute approximate surface area is 126 Å². The van der Waals surface area contributed by atoms with Crippen LogP contribution in [0, 0.1) is 5.41 Å². The molecule has 0 aliphatic carbocycles. The quantitative estimate of drug-likeness (QED) is 0.245. The van der Waals surface area contributed by atoms with Crippen molar-refractivity contribution < 1.29 is 9.53 Å². The second-order valence-corrected chi connectivity index (χ2v) is 6.41. The molecule has 0 aromatic carbocycles. The van der Waals surface area contributed by atoms with Crippen molar-refractivity contribution in [1.29, 1.82) is 0 Å². The van der Waals surface area contributed by atoms with Gasteiger partial charge in [0.15, 0.2) is 0 Å². The number of hydrogen-bond donors (Lipinski definition) is 0. The van der Waals surface area contributed by atoms with Gasteiger partial charge >= 0.3 is 0 Å². The highest BCUT2D eigenvalue weighted by Crippen LogP contribution is 2.21. The maximum atomic E-state index is 10.8. The van der Waals surface area contributed by atoms with Crippen LogP contribution in [0.1, 0.15) is 78.6 Å². The standard InChI is InChI=1S/C18H34O2/c1-5-7-15-20-17(6-2)13-11-9-8-10-12-14-18(3,4)16-19/h6,16-17H,2,5,7-15H2,1,3-4H3. The molecule has 2 nitrogen and oxygen atoms in total. The smallest absolute Gasteiger partial charge is 0.125 e. The van der Waals surface area contributed by atoms with E-state index in [1.807, 2.05) is 19.9 Å². The summed E-state index contributed by atoms with van der Waals surface area (Å²) in [5, 5.41) is 0. The van der Waals surface area contributed by atoms with Gasteiger partial charge in [0.2, 0.25) is 0 Å². The molecule has 0 amide bonds. The van der Waals surface area contributed by atoms with Crippen LogP contribution >= 0.6 is 0 Å². The number of aldehydes is 1. The van der Waals surface area contributed by atoms with Crippen molar-refractivity contribution >= 4 is 6.29 Å². The Morgan fingerprint density at radius 2 is 1.75 bits per heavy atom. The molecule has 0 aliphatic rings. The third-order valence-corrected chi connectivity index (χ3v) is 3.72. The molecule has 0 heterocycles. The lowest BCUT2D eigenvalue weighted by Gasteiger charge is -2.16. The molecule has 0 fully saturated rings. The fourth-order valence-electron chi connectivity index (χ4n) is 2.16. The molecular weight excluding hydrogens is 248 g/mol. The molecule has 0 rings (SSSR count). The van der Waals surface area contributed by atoms with E-state index in [2.05, 4.69) is 13.5 Å². The summed E-state index contributed by atoms with van der Waals surface area (Å²) in [6, 6.07) is 0. The van der Waals surface area contributed by atoms with Gasteiger partial charge in [0.1, 0.15) is 6.29 Å². The van der Waals surface area contributed by atoms with E-state index in [1.54, 1.807) is 0 Å². The number of unbranched alkanes of at least 4 members (excludes halogenated alkanes) is 5. The Morgan fingerprint density at radius 3 is 2.35 bits per heavy atom. The van der Waals surface area contributed by atoms with E-state index in [0.29, 0.717) is 0 Å². The summed E-state index contributed by atoms with van der Waals surface area (Å²) in [7, 11) is 0. The van der Waals surface area contributed by atoms with Gasteiger partial charge in [0.05, 0.1) is 6.10 Å². The van der Waals surface area contributed by atoms with Crippen molar-refractivity contribution in [2.24, 2.45) is 5.41 Å². The van der Waals surface area contributed by atoms with E-state index in [4.69, 9.17) is 4.74 Å². The third kappa shape index (κ3) is 11.2. The molecule has 0 aromatic rings. The van der Waals surface area contributed by atoms with Crippen LogP contribution < -0.4 is 0 Å². The fourth-order valence-corrected chi connectivity index (χ4v) is 2.16. The number of carbonyl (C=O) groups is 1. The summed E-state index contributed by atoms with van der Waals surface area (Å²) >= 11 is 0. The highest BCUT2D eigenvalue weighted by atomic mass is 16.5. The zero-order chi connectivity index (χ0) is 15.3. The summed E-state index contributed by atoms with van der Waals surface area (Å²) in [6.45, 7) is 10.9.